The molecule has 0 spiro atoms. The standard InChI is InChI=1S/C35H45N11O3S/c1-5-39-21-42-33(38)27-18-41-34(50-27)23-12-15-45(16-13-23)30(47)20-44-14-11-25(19-44)35(48)46(6-2)28-9-8-26(36)32(43-28)31(37)24-7-10-29(40-17-24)49-22(3)4/h7-10,12,17-18,21-22,25,37H,5-6,11,13-16,19-20,36H2,1-4H3,(H2,38,39,42)/p+1/t25-/m1/s1. The lowest BCUT2D eigenvalue weighted by Crippen LogP contribution is -2.67. The predicted molar refractivity (Wildman–Crippen MR) is 197 cm³/mol. The zero-order valence-corrected chi connectivity index (χ0v) is 29.9. The number of aliphatic imine (C=N–C) groups is 1. The van der Waals surface area contributed by atoms with Gasteiger partial charge in [-0.15, -0.1) is 11.3 Å². The van der Waals surface area contributed by atoms with Gasteiger partial charge in [0, 0.05) is 44.0 Å². The number of amides is 2. The van der Waals surface area contributed by atoms with Gasteiger partial charge in [-0.2, -0.15) is 0 Å². The smallest absolute Gasteiger partial charge is 0.282 e. The number of nitrogens with zero attached hydrogens (tertiary/aromatic N) is 7. The molecule has 15 heteroatoms. The number of nitrogens with one attached hydrogen (secondary N) is 2. The first-order valence-corrected chi connectivity index (χ1v) is 17.7. The third-order valence-corrected chi connectivity index (χ3v) is 9.56. The van der Waals surface area contributed by atoms with Crippen LogP contribution in [0.3, 0.4) is 0 Å². The first-order chi connectivity index (χ1) is 24.1. The number of hydrogen-bond acceptors (Lipinski definition) is 10. The highest BCUT2D eigenvalue weighted by Gasteiger charge is 2.34. The number of likely N-dealkylation sites (tertiary alicyclic amines) is 1. The number of ether oxygens (including phenoxy) is 1. The number of nitrogens with two attached hydrogens (primary N) is 2. The molecule has 2 aliphatic rings. The van der Waals surface area contributed by atoms with Gasteiger partial charge in [-0.1, -0.05) is 6.08 Å². The fourth-order valence-corrected chi connectivity index (χ4v) is 6.70. The number of carbonyl (C=O) groups is 2. The van der Waals surface area contributed by atoms with Crippen molar-refractivity contribution in [2.45, 2.75) is 46.6 Å². The van der Waals surface area contributed by atoms with Gasteiger partial charge >= 0.3 is 0 Å². The van der Waals surface area contributed by atoms with E-state index in [2.05, 4.69) is 35.9 Å². The molecule has 5 heterocycles. The van der Waals surface area contributed by atoms with Crippen molar-refractivity contribution in [1.29, 1.82) is 5.41 Å². The third kappa shape index (κ3) is 8.76. The van der Waals surface area contributed by atoms with Gasteiger partial charge in [0.25, 0.3) is 12.2 Å². The first-order valence-electron chi connectivity index (χ1n) is 16.9. The van der Waals surface area contributed by atoms with Crippen LogP contribution in [0, 0.1) is 11.3 Å². The maximum absolute atomic E-state index is 13.8. The molecule has 0 aliphatic carbocycles. The lowest BCUT2D eigenvalue weighted by molar-refractivity contribution is -0.447. The average molecular weight is 701 g/mol. The van der Waals surface area contributed by atoms with E-state index in [0.717, 1.165) is 22.0 Å². The van der Waals surface area contributed by atoms with Gasteiger partial charge in [-0.25, -0.2) is 15.0 Å². The topological polar surface area (TPSA) is 194 Å². The van der Waals surface area contributed by atoms with Gasteiger partial charge < -0.3 is 21.1 Å². The molecule has 50 heavy (non-hydrogen) atoms. The minimum atomic E-state index is -0.277. The van der Waals surface area contributed by atoms with Gasteiger partial charge in [0.05, 0.1) is 42.7 Å². The average Bonchev–Trinajstić information content (AvgIpc) is 3.80. The zero-order chi connectivity index (χ0) is 35.8. The van der Waals surface area contributed by atoms with Gasteiger partial charge in [0.2, 0.25) is 17.7 Å². The fraction of sp³-hybridized carbons (Fsp3) is 0.429. The van der Waals surface area contributed by atoms with E-state index in [9.17, 15) is 9.59 Å². The summed E-state index contributed by atoms with van der Waals surface area (Å²) in [5.74, 6) is 1.01. The summed E-state index contributed by atoms with van der Waals surface area (Å²) in [5, 5.41) is 9.66. The number of amidine groups is 1. The molecule has 0 saturated carbocycles. The van der Waals surface area contributed by atoms with Gasteiger partial charge in [0.15, 0.2) is 0 Å². The third-order valence-electron chi connectivity index (χ3n) is 8.46. The quantitative estimate of drug-likeness (QED) is 0.151. The van der Waals surface area contributed by atoms with Crippen LogP contribution in [0.5, 0.6) is 5.88 Å². The van der Waals surface area contributed by atoms with Crippen molar-refractivity contribution in [1.82, 2.24) is 24.8 Å². The Morgan fingerprint density at radius 1 is 1.20 bits per heavy atom. The van der Waals surface area contributed by atoms with Crippen molar-refractivity contribution in [2.75, 3.05) is 56.4 Å². The van der Waals surface area contributed by atoms with E-state index in [1.54, 1.807) is 47.9 Å². The number of rotatable bonds is 13. The summed E-state index contributed by atoms with van der Waals surface area (Å²) in [5.41, 5.74) is 14.7. The van der Waals surface area contributed by atoms with Crippen molar-refractivity contribution < 1.29 is 19.3 Å². The molecule has 1 atom stereocenters. The molecule has 14 nitrogen and oxygen atoms in total. The van der Waals surface area contributed by atoms with E-state index in [1.165, 1.54) is 11.3 Å². The van der Waals surface area contributed by atoms with E-state index < -0.39 is 0 Å². The number of nitrogen functional groups attached to an aromatic ring is 1. The molecule has 0 unspecified atom stereocenters. The molecule has 264 valence electrons. The highest BCUT2D eigenvalue weighted by Crippen LogP contribution is 2.28. The Kier molecular flexibility index (Phi) is 12.0. The highest BCUT2D eigenvalue weighted by atomic mass is 32.1. The molecule has 5 rings (SSSR count). The number of thiazole rings is 1. The Balaban J connectivity index is 1.16. The van der Waals surface area contributed by atoms with Crippen molar-refractivity contribution >= 4 is 58.1 Å². The molecule has 0 aromatic carbocycles. The molecule has 3 aromatic heterocycles. The normalized spacial score (nSPS) is 17.0. The minimum Gasteiger partial charge on any atom is -0.475 e. The summed E-state index contributed by atoms with van der Waals surface area (Å²) >= 11 is 1.49. The Labute approximate surface area is 296 Å². The van der Waals surface area contributed by atoms with E-state index >= 15 is 0 Å². The van der Waals surface area contributed by atoms with Crippen molar-refractivity contribution in [3.63, 3.8) is 0 Å². The summed E-state index contributed by atoms with van der Waals surface area (Å²) < 4.78 is 5.61. The zero-order valence-electron chi connectivity index (χ0n) is 29.1. The second-order valence-electron chi connectivity index (χ2n) is 12.4. The first kappa shape index (κ1) is 36.3. The fourth-order valence-electron chi connectivity index (χ4n) is 5.81. The van der Waals surface area contributed by atoms with Crippen LogP contribution in [-0.4, -0.2) is 106 Å². The van der Waals surface area contributed by atoms with Gasteiger partial charge in [0.1, 0.15) is 21.4 Å². The Bertz CT molecular complexity index is 1780. The van der Waals surface area contributed by atoms with Crippen LogP contribution in [0.15, 0.2) is 47.7 Å². The molecular formula is C35H46N11O3S+. The van der Waals surface area contributed by atoms with E-state index in [-0.39, 0.29) is 41.8 Å². The van der Waals surface area contributed by atoms with Gasteiger partial charge in [-0.3, -0.25) is 29.8 Å². The SMILES string of the molecule is CC[NH+]=CN=C(N)c1cnc(C2=CCN(C(=O)CN3CC[C@@H](C(=O)N(CC)c4ccc(N)c(C(=N)c5ccc(OC(C)C)nc5)n4)C3)CC2)s1. The highest BCUT2D eigenvalue weighted by molar-refractivity contribution is 7.14. The van der Waals surface area contributed by atoms with Crippen molar-refractivity contribution in [2.24, 2.45) is 16.6 Å². The number of carbonyl (C=O) groups excluding carboxylic acids is 2. The molecule has 2 amide bonds. The van der Waals surface area contributed by atoms with E-state index in [4.69, 9.17) is 21.6 Å². The molecule has 3 aromatic rings. The minimum absolute atomic E-state index is 0.0171. The molecule has 1 saturated heterocycles. The second kappa shape index (κ2) is 16.6. The van der Waals surface area contributed by atoms with Crippen molar-refractivity contribution in [3.8, 4) is 5.88 Å². The maximum atomic E-state index is 13.8. The Hall–Kier alpha value is -5.02. The molecule has 2 aliphatic heterocycles. The molecular weight excluding hydrogens is 655 g/mol. The molecule has 6 N–H and O–H groups in total. The summed E-state index contributed by atoms with van der Waals surface area (Å²) in [6.45, 7) is 11.4. The van der Waals surface area contributed by atoms with Crippen LogP contribution in [0.2, 0.25) is 0 Å². The second-order valence-corrected chi connectivity index (χ2v) is 13.4. The lowest BCUT2D eigenvalue weighted by Gasteiger charge is -2.28. The van der Waals surface area contributed by atoms with Crippen LogP contribution in [0.25, 0.3) is 5.57 Å². The van der Waals surface area contributed by atoms with E-state index in [1.807, 2.05) is 32.6 Å². The number of aromatic nitrogens is 3. The molecule has 1 fully saturated rings. The number of hydrogen-bond donors (Lipinski definition) is 4. The molecule has 0 radical (unpaired) electrons. The summed E-state index contributed by atoms with van der Waals surface area (Å²) in [7, 11) is 0. The van der Waals surface area contributed by atoms with Crippen molar-refractivity contribution in [3.05, 3.63) is 63.9 Å². The summed E-state index contributed by atoms with van der Waals surface area (Å²) in [6, 6.07) is 6.83. The van der Waals surface area contributed by atoms with E-state index in [0.29, 0.717) is 74.3 Å². The predicted octanol–water partition coefficient (Wildman–Crippen LogP) is 1.54. The number of anilines is 2. The maximum Gasteiger partial charge on any atom is 0.282 e. The number of pyridine rings is 2. The lowest BCUT2D eigenvalue weighted by atomic mass is 10.1. The van der Waals surface area contributed by atoms with Crippen LogP contribution in [0.4, 0.5) is 11.5 Å². The van der Waals surface area contributed by atoms with Gasteiger partial charge in [-0.05, 0) is 75.8 Å². The van der Waals surface area contributed by atoms with Crippen LogP contribution in [-0.2, 0) is 9.59 Å². The Morgan fingerprint density at radius 3 is 2.70 bits per heavy atom. The van der Waals surface area contributed by atoms with Crippen LogP contribution < -0.4 is 26.1 Å². The Morgan fingerprint density at radius 2 is 2.02 bits per heavy atom. The van der Waals surface area contributed by atoms with Crippen LogP contribution in [0.1, 0.15) is 61.7 Å². The summed E-state index contributed by atoms with van der Waals surface area (Å²) in [6.07, 6.45) is 8.26. The molecule has 0 bridgehead atoms. The van der Waals surface area contributed by atoms with Crippen LogP contribution >= 0.6 is 11.3 Å². The summed E-state index contributed by atoms with van der Waals surface area (Å²) in [4.78, 5) is 54.1. The monoisotopic (exact) mass is 700 g/mol. The largest absolute Gasteiger partial charge is 0.475 e.